The number of hydrogen-bond acceptors (Lipinski definition) is 3. The van der Waals surface area contributed by atoms with E-state index in [1.54, 1.807) is 24.2 Å². The average molecular weight is 199 g/mol. The number of carbonyl (C=O) groups excluding carboxylic acids is 1. The van der Waals surface area contributed by atoms with E-state index in [0.717, 1.165) is 5.00 Å². The number of carbonyl (C=O) groups is 1. The first-order valence-corrected chi connectivity index (χ1v) is 4.83. The first-order valence-electron chi connectivity index (χ1n) is 4.05. The Bertz CT molecular complexity index is 271. The fourth-order valence-corrected chi connectivity index (χ4v) is 1.20. The summed E-state index contributed by atoms with van der Waals surface area (Å²) < 4.78 is 3.89. The summed E-state index contributed by atoms with van der Waals surface area (Å²) in [5, 5.41) is 3.52. The standard InChI is InChI=1S/C8H13N3OS/c1-6(2)11(3)8(12)10-7-4-5-9-13-7/h4-6H,1-3H3,(H,10,12). The predicted molar refractivity (Wildman–Crippen MR) is 54.0 cm³/mol. The Morgan fingerprint density at radius 1 is 1.69 bits per heavy atom. The van der Waals surface area contributed by atoms with E-state index >= 15 is 0 Å². The molecule has 5 heteroatoms. The number of nitrogens with one attached hydrogen (secondary N) is 1. The van der Waals surface area contributed by atoms with E-state index in [1.807, 2.05) is 13.8 Å². The maximum absolute atomic E-state index is 11.4. The van der Waals surface area contributed by atoms with Crippen LogP contribution >= 0.6 is 11.5 Å². The van der Waals surface area contributed by atoms with Gasteiger partial charge in [-0.25, -0.2) is 4.79 Å². The summed E-state index contributed by atoms with van der Waals surface area (Å²) in [6.07, 6.45) is 1.66. The minimum absolute atomic E-state index is 0.0979. The zero-order valence-electron chi connectivity index (χ0n) is 7.94. The second kappa shape index (κ2) is 4.23. The van der Waals surface area contributed by atoms with E-state index in [4.69, 9.17) is 0 Å². The Hall–Kier alpha value is -1.10. The molecule has 0 radical (unpaired) electrons. The summed E-state index contributed by atoms with van der Waals surface area (Å²) in [5.74, 6) is 0. The molecule has 0 aliphatic rings. The fraction of sp³-hybridized carbons (Fsp3) is 0.500. The SMILES string of the molecule is CC(C)N(C)C(=O)Nc1ccns1. The van der Waals surface area contributed by atoms with Crippen LogP contribution in [0.4, 0.5) is 9.80 Å². The molecule has 13 heavy (non-hydrogen) atoms. The number of aromatic nitrogens is 1. The zero-order valence-corrected chi connectivity index (χ0v) is 8.76. The Kier molecular flexibility index (Phi) is 3.25. The minimum atomic E-state index is -0.0979. The number of rotatable bonds is 2. The third-order valence-electron chi connectivity index (χ3n) is 1.76. The van der Waals surface area contributed by atoms with Crippen molar-refractivity contribution >= 4 is 22.6 Å². The predicted octanol–water partition coefficient (Wildman–Crippen LogP) is 2.02. The second-order valence-electron chi connectivity index (χ2n) is 3.01. The van der Waals surface area contributed by atoms with Crippen molar-refractivity contribution in [2.45, 2.75) is 19.9 Å². The highest BCUT2D eigenvalue weighted by Gasteiger charge is 2.11. The first kappa shape index (κ1) is 9.98. The molecule has 0 aromatic carbocycles. The minimum Gasteiger partial charge on any atom is -0.325 e. The summed E-state index contributed by atoms with van der Waals surface area (Å²) >= 11 is 1.27. The normalized spacial score (nSPS) is 10.2. The lowest BCUT2D eigenvalue weighted by Crippen LogP contribution is -2.36. The Balaban J connectivity index is 2.51. The maximum atomic E-state index is 11.4. The van der Waals surface area contributed by atoms with E-state index in [2.05, 4.69) is 9.69 Å². The molecule has 0 spiro atoms. The number of anilines is 1. The Morgan fingerprint density at radius 2 is 2.38 bits per heavy atom. The van der Waals surface area contributed by atoms with Crippen molar-refractivity contribution in [1.29, 1.82) is 0 Å². The van der Waals surface area contributed by atoms with Crippen molar-refractivity contribution in [1.82, 2.24) is 9.27 Å². The van der Waals surface area contributed by atoms with Crippen LogP contribution in [0.15, 0.2) is 12.3 Å². The van der Waals surface area contributed by atoms with Gasteiger partial charge in [0.1, 0.15) is 5.00 Å². The molecular formula is C8H13N3OS. The summed E-state index contributed by atoms with van der Waals surface area (Å²) in [4.78, 5) is 13.1. The Labute approximate surface area is 81.7 Å². The van der Waals surface area contributed by atoms with Crippen LogP contribution in [-0.2, 0) is 0 Å². The van der Waals surface area contributed by atoms with E-state index in [0.29, 0.717) is 0 Å². The maximum Gasteiger partial charge on any atom is 0.322 e. The number of nitrogens with zero attached hydrogens (tertiary/aromatic N) is 2. The van der Waals surface area contributed by atoms with Crippen LogP contribution in [0.1, 0.15) is 13.8 Å². The lowest BCUT2D eigenvalue weighted by molar-refractivity contribution is 0.211. The van der Waals surface area contributed by atoms with Gasteiger partial charge in [-0.1, -0.05) is 0 Å². The third kappa shape index (κ3) is 2.69. The van der Waals surface area contributed by atoms with Gasteiger partial charge in [0.25, 0.3) is 0 Å². The van der Waals surface area contributed by atoms with E-state index < -0.39 is 0 Å². The molecule has 2 amide bonds. The quantitative estimate of drug-likeness (QED) is 0.792. The smallest absolute Gasteiger partial charge is 0.322 e. The van der Waals surface area contributed by atoms with Gasteiger partial charge in [-0.3, -0.25) is 5.32 Å². The van der Waals surface area contributed by atoms with Crippen molar-refractivity contribution in [3.05, 3.63) is 12.3 Å². The lowest BCUT2D eigenvalue weighted by Gasteiger charge is -2.20. The molecule has 1 rings (SSSR count). The molecule has 0 bridgehead atoms. The summed E-state index contributed by atoms with van der Waals surface area (Å²) in [6, 6.07) is 1.88. The molecule has 0 saturated carbocycles. The molecule has 0 saturated heterocycles. The first-order chi connectivity index (χ1) is 6.11. The highest BCUT2D eigenvalue weighted by molar-refractivity contribution is 7.10. The molecule has 72 valence electrons. The van der Waals surface area contributed by atoms with Crippen molar-refractivity contribution in [2.75, 3.05) is 12.4 Å². The van der Waals surface area contributed by atoms with Gasteiger partial charge >= 0.3 is 6.03 Å². The van der Waals surface area contributed by atoms with Crippen molar-refractivity contribution in [2.24, 2.45) is 0 Å². The second-order valence-corrected chi connectivity index (χ2v) is 3.84. The van der Waals surface area contributed by atoms with Crippen molar-refractivity contribution in [3.63, 3.8) is 0 Å². The molecule has 1 aromatic rings. The summed E-state index contributed by atoms with van der Waals surface area (Å²) in [5.41, 5.74) is 0. The molecule has 1 aromatic heterocycles. The zero-order chi connectivity index (χ0) is 9.84. The Morgan fingerprint density at radius 3 is 2.85 bits per heavy atom. The molecule has 0 fully saturated rings. The van der Waals surface area contributed by atoms with Crippen LogP contribution in [0.2, 0.25) is 0 Å². The molecule has 1 heterocycles. The van der Waals surface area contributed by atoms with Gasteiger partial charge in [0, 0.05) is 19.3 Å². The average Bonchev–Trinajstić information content (AvgIpc) is 2.55. The topological polar surface area (TPSA) is 45.2 Å². The number of hydrogen-bond donors (Lipinski definition) is 1. The highest BCUT2D eigenvalue weighted by atomic mass is 32.1. The van der Waals surface area contributed by atoms with Gasteiger partial charge < -0.3 is 4.90 Å². The van der Waals surface area contributed by atoms with Gasteiger partial charge in [0.05, 0.1) is 0 Å². The largest absolute Gasteiger partial charge is 0.325 e. The van der Waals surface area contributed by atoms with E-state index in [1.165, 1.54) is 11.5 Å². The van der Waals surface area contributed by atoms with Crippen LogP contribution in [-0.4, -0.2) is 28.4 Å². The molecule has 0 atom stereocenters. The monoisotopic (exact) mass is 199 g/mol. The molecule has 1 N–H and O–H groups in total. The molecule has 4 nitrogen and oxygen atoms in total. The third-order valence-corrected chi connectivity index (χ3v) is 2.42. The van der Waals surface area contributed by atoms with Gasteiger partial charge in [-0.2, -0.15) is 4.37 Å². The molecule has 0 unspecified atom stereocenters. The fourth-order valence-electron chi connectivity index (χ4n) is 0.708. The molecule has 0 aliphatic carbocycles. The number of amides is 2. The van der Waals surface area contributed by atoms with Crippen LogP contribution in [0.5, 0.6) is 0 Å². The van der Waals surface area contributed by atoms with Gasteiger partial charge in [-0.05, 0) is 31.4 Å². The van der Waals surface area contributed by atoms with E-state index in [-0.39, 0.29) is 12.1 Å². The van der Waals surface area contributed by atoms with Gasteiger partial charge in [0.2, 0.25) is 0 Å². The van der Waals surface area contributed by atoms with Crippen molar-refractivity contribution in [3.8, 4) is 0 Å². The highest BCUT2D eigenvalue weighted by Crippen LogP contribution is 2.12. The van der Waals surface area contributed by atoms with Crippen LogP contribution in [0.25, 0.3) is 0 Å². The molecule has 0 aliphatic heterocycles. The lowest BCUT2D eigenvalue weighted by atomic mass is 10.4. The van der Waals surface area contributed by atoms with Crippen molar-refractivity contribution < 1.29 is 4.79 Å². The van der Waals surface area contributed by atoms with E-state index in [9.17, 15) is 4.79 Å². The summed E-state index contributed by atoms with van der Waals surface area (Å²) in [7, 11) is 1.76. The molecular weight excluding hydrogens is 186 g/mol. The number of urea groups is 1. The van der Waals surface area contributed by atoms with Gasteiger partial charge in [-0.15, -0.1) is 0 Å². The van der Waals surface area contributed by atoms with Crippen LogP contribution < -0.4 is 5.32 Å². The van der Waals surface area contributed by atoms with Crippen LogP contribution in [0.3, 0.4) is 0 Å². The summed E-state index contributed by atoms with van der Waals surface area (Å²) in [6.45, 7) is 3.93. The van der Waals surface area contributed by atoms with Gasteiger partial charge in [0.15, 0.2) is 0 Å². The van der Waals surface area contributed by atoms with Crippen LogP contribution in [0, 0.1) is 0 Å².